The quantitative estimate of drug-likeness (QED) is 0.919. The van der Waals surface area contributed by atoms with Crippen LogP contribution in [0.15, 0.2) is 18.2 Å². The highest BCUT2D eigenvalue weighted by Crippen LogP contribution is 2.27. The average molecular weight is 276 g/mol. The molecule has 0 spiro atoms. The second kappa shape index (κ2) is 6.15. The largest absolute Gasteiger partial charge is 0.372 e. The van der Waals surface area contributed by atoms with Gasteiger partial charge in [0.15, 0.2) is 0 Å². The fourth-order valence-corrected chi connectivity index (χ4v) is 2.87. The Bertz CT molecular complexity index is 456. The molecule has 0 aromatic heterocycles. The van der Waals surface area contributed by atoms with Gasteiger partial charge in [-0.1, -0.05) is 19.1 Å². The third kappa shape index (κ3) is 3.74. The van der Waals surface area contributed by atoms with Crippen molar-refractivity contribution in [1.82, 2.24) is 0 Å². The van der Waals surface area contributed by atoms with Crippen LogP contribution in [-0.4, -0.2) is 31.3 Å². The van der Waals surface area contributed by atoms with Crippen LogP contribution in [0.2, 0.25) is 0 Å². The summed E-state index contributed by atoms with van der Waals surface area (Å²) >= 11 is 0. The van der Waals surface area contributed by atoms with Crippen LogP contribution in [0.4, 0.5) is 5.69 Å². The van der Waals surface area contributed by atoms with E-state index in [9.17, 15) is 0 Å². The summed E-state index contributed by atoms with van der Waals surface area (Å²) in [5, 5.41) is 0. The summed E-state index contributed by atoms with van der Waals surface area (Å²) < 4.78 is 5.79. The average Bonchev–Trinajstić information content (AvgIpc) is 2.37. The van der Waals surface area contributed by atoms with Gasteiger partial charge >= 0.3 is 0 Å². The van der Waals surface area contributed by atoms with Gasteiger partial charge in [0.25, 0.3) is 0 Å². The molecule has 3 heteroatoms. The zero-order valence-electron chi connectivity index (χ0n) is 13.3. The minimum Gasteiger partial charge on any atom is -0.372 e. The van der Waals surface area contributed by atoms with E-state index in [4.69, 9.17) is 10.5 Å². The topological polar surface area (TPSA) is 38.5 Å². The molecule has 0 aliphatic carbocycles. The maximum Gasteiger partial charge on any atom is 0.0801 e. The van der Waals surface area contributed by atoms with Crippen LogP contribution in [-0.2, 0) is 11.2 Å². The summed E-state index contributed by atoms with van der Waals surface area (Å²) in [6.07, 6.45) is 1.99. The van der Waals surface area contributed by atoms with E-state index < -0.39 is 0 Å². The van der Waals surface area contributed by atoms with Crippen molar-refractivity contribution < 1.29 is 4.74 Å². The first-order valence-electron chi connectivity index (χ1n) is 7.65. The summed E-state index contributed by atoms with van der Waals surface area (Å²) in [7, 11) is 0. The molecule has 0 saturated carbocycles. The Morgan fingerprint density at radius 3 is 2.75 bits per heavy atom. The van der Waals surface area contributed by atoms with Gasteiger partial charge in [-0.15, -0.1) is 0 Å². The van der Waals surface area contributed by atoms with E-state index in [2.05, 4.69) is 50.8 Å². The van der Waals surface area contributed by atoms with E-state index in [1.54, 1.807) is 0 Å². The predicted molar refractivity (Wildman–Crippen MR) is 85.4 cm³/mol. The summed E-state index contributed by atoms with van der Waals surface area (Å²) in [6.45, 7) is 11.4. The second-order valence-electron chi connectivity index (χ2n) is 6.52. The molecule has 1 aliphatic heterocycles. The molecule has 1 atom stereocenters. The lowest BCUT2D eigenvalue weighted by Crippen LogP contribution is -2.48. The molecule has 2 N–H and O–H groups in total. The molecule has 1 heterocycles. The van der Waals surface area contributed by atoms with Crippen LogP contribution < -0.4 is 10.6 Å². The number of rotatable bonds is 4. The molecule has 1 fully saturated rings. The number of hydrogen-bond acceptors (Lipinski definition) is 3. The number of aryl methyl sites for hydroxylation is 1. The van der Waals surface area contributed by atoms with Crippen molar-refractivity contribution in [1.29, 1.82) is 0 Å². The molecule has 112 valence electrons. The Kier molecular flexibility index (Phi) is 4.71. The first-order chi connectivity index (χ1) is 9.41. The smallest absolute Gasteiger partial charge is 0.0801 e. The van der Waals surface area contributed by atoms with Gasteiger partial charge in [-0.3, -0.25) is 0 Å². The monoisotopic (exact) mass is 276 g/mol. The number of anilines is 1. The molecule has 1 saturated heterocycles. The summed E-state index contributed by atoms with van der Waals surface area (Å²) in [5.74, 6) is 0. The zero-order chi connectivity index (χ0) is 14.8. The molecular weight excluding hydrogens is 248 g/mol. The van der Waals surface area contributed by atoms with Gasteiger partial charge in [0, 0.05) is 24.8 Å². The minimum atomic E-state index is -0.0616. The van der Waals surface area contributed by atoms with E-state index in [1.165, 1.54) is 16.8 Å². The van der Waals surface area contributed by atoms with Crippen LogP contribution in [0.5, 0.6) is 0 Å². The third-order valence-electron chi connectivity index (χ3n) is 4.05. The number of nitrogens with two attached hydrogens (primary N) is 1. The zero-order valence-corrected chi connectivity index (χ0v) is 13.3. The lowest BCUT2D eigenvalue weighted by Gasteiger charge is -2.40. The van der Waals surface area contributed by atoms with Gasteiger partial charge in [-0.25, -0.2) is 0 Å². The Balaban J connectivity index is 2.13. The standard InChI is InChI=1S/C17H28N2O/c1-5-15(18)11-14-6-7-16(13(2)10-14)19-8-9-20-17(3,4)12-19/h6-7,10,15H,5,8-9,11-12,18H2,1-4H3. The molecule has 0 bridgehead atoms. The van der Waals surface area contributed by atoms with E-state index in [0.717, 1.165) is 32.5 Å². The van der Waals surface area contributed by atoms with Crippen molar-refractivity contribution in [2.45, 2.75) is 52.2 Å². The number of morpholine rings is 1. The molecule has 1 aromatic carbocycles. The SMILES string of the molecule is CCC(N)Cc1ccc(N2CCOC(C)(C)C2)c(C)c1. The normalized spacial score (nSPS) is 19.9. The van der Waals surface area contributed by atoms with Crippen molar-refractivity contribution in [2.75, 3.05) is 24.6 Å². The van der Waals surface area contributed by atoms with Crippen molar-refractivity contribution >= 4 is 5.69 Å². The van der Waals surface area contributed by atoms with Gasteiger partial charge in [-0.05, 0) is 50.8 Å². The van der Waals surface area contributed by atoms with E-state index in [0.29, 0.717) is 0 Å². The summed E-state index contributed by atoms with van der Waals surface area (Å²) in [4.78, 5) is 2.43. The molecule has 1 aliphatic rings. The highest BCUT2D eigenvalue weighted by molar-refractivity contribution is 5.55. The molecular formula is C17H28N2O. The van der Waals surface area contributed by atoms with Crippen LogP contribution in [0, 0.1) is 6.92 Å². The fourth-order valence-electron chi connectivity index (χ4n) is 2.87. The predicted octanol–water partition coefficient (Wildman–Crippen LogP) is 2.89. The summed E-state index contributed by atoms with van der Waals surface area (Å²) in [5.41, 5.74) is 9.99. The second-order valence-corrected chi connectivity index (χ2v) is 6.52. The molecule has 0 amide bonds. The maximum absolute atomic E-state index is 6.04. The van der Waals surface area contributed by atoms with Crippen LogP contribution >= 0.6 is 0 Å². The highest BCUT2D eigenvalue weighted by Gasteiger charge is 2.27. The number of hydrogen-bond donors (Lipinski definition) is 1. The maximum atomic E-state index is 6.04. The molecule has 1 unspecified atom stereocenters. The van der Waals surface area contributed by atoms with Crippen molar-refractivity contribution in [2.24, 2.45) is 5.73 Å². The van der Waals surface area contributed by atoms with Gasteiger partial charge in [-0.2, -0.15) is 0 Å². The lowest BCUT2D eigenvalue weighted by atomic mass is 10.00. The Hall–Kier alpha value is -1.06. The first kappa shape index (κ1) is 15.3. The first-order valence-corrected chi connectivity index (χ1v) is 7.65. The Labute approximate surface area is 123 Å². The van der Waals surface area contributed by atoms with Crippen molar-refractivity contribution in [3.8, 4) is 0 Å². The number of ether oxygens (including phenoxy) is 1. The number of benzene rings is 1. The molecule has 1 aromatic rings. The van der Waals surface area contributed by atoms with Crippen molar-refractivity contribution in [3.05, 3.63) is 29.3 Å². The van der Waals surface area contributed by atoms with E-state index in [-0.39, 0.29) is 11.6 Å². The van der Waals surface area contributed by atoms with E-state index in [1.807, 2.05) is 0 Å². The molecule has 3 nitrogen and oxygen atoms in total. The summed E-state index contributed by atoms with van der Waals surface area (Å²) in [6, 6.07) is 7.02. The highest BCUT2D eigenvalue weighted by atomic mass is 16.5. The van der Waals surface area contributed by atoms with Crippen molar-refractivity contribution in [3.63, 3.8) is 0 Å². The van der Waals surface area contributed by atoms with Gasteiger partial charge < -0.3 is 15.4 Å². The van der Waals surface area contributed by atoms with Gasteiger partial charge in [0.1, 0.15) is 0 Å². The Morgan fingerprint density at radius 2 is 2.15 bits per heavy atom. The van der Waals surface area contributed by atoms with Crippen LogP contribution in [0.25, 0.3) is 0 Å². The minimum absolute atomic E-state index is 0.0616. The molecule has 0 radical (unpaired) electrons. The Morgan fingerprint density at radius 1 is 1.40 bits per heavy atom. The van der Waals surface area contributed by atoms with Gasteiger partial charge in [0.2, 0.25) is 0 Å². The molecule has 2 rings (SSSR count). The van der Waals surface area contributed by atoms with E-state index >= 15 is 0 Å². The van der Waals surface area contributed by atoms with Gasteiger partial charge in [0.05, 0.1) is 12.2 Å². The van der Waals surface area contributed by atoms with Crippen LogP contribution in [0.1, 0.15) is 38.3 Å². The third-order valence-corrected chi connectivity index (χ3v) is 4.05. The lowest BCUT2D eigenvalue weighted by molar-refractivity contribution is -0.0277. The molecule has 20 heavy (non-hydrogen) atoms. The van der Waals surface area contributed by atoms with Crippen LogP contribution in [0.3, 0.4) is 0 Å². The fraction of sp³-hybridized carbons (Fsp3) is 0.647. The number of nitrogens with zero attached hydrogens (tertiary/aromatic N) is 1.